The van der Waals surface area contributed by atoms with Gasteiger partial charge in [-0.15, -0.1) is 11.3 Å². The largest absolute Gasteiger partial charge is 0.497 e. The first kappa shape index (κ1) is 25.8. The lowest BCUT2D eigenvalue weighted by atomic mass is 9.95. The number of fused-ring (bicyclic) bond motifs is 2. The number of carbonyl (C=O) groups is 2. The van der Waals surface area contributed by atoms with Crippen LogP contribution in [-0.2, 0) is 22.5 Å². The van der Waals surface area contributed by atoms with E-state index in [1.54, 1.807) is 14.0 Å². The molecule has 0 spiro atoms. The molecule has 38 heavy (non-hydrogen) atoms. The fourth-order valence-electron chi connectivity index (χ4n) is 4.61. The lowest BCUT2D eigenvalue weighted by molar-refractivity contribution is -0.123. The second-order valence-corrected chi connectivity index (χ2v) is 10.4. The number of para-hydroxylation sites is 1. The summed E-state index contributed by atoms with van der Waals surface area (Å²) in [6.07, 6.45) is -0.257. The van der Waals surface area contributed by atoms with E-state index >= 15 is 0 Å². The van der Waals surface area contributed by atoms with E-state index in [1.165, 1.54) is 11.3 Å². The van der Waals surface area contributed by atoms with Gasteiger partial charge in [0.25, 0.3) is 5.91 Å². The second-order valence-electron chi connectivity index (χ2n) is 9.55. The molecule has 1 N–H and O–H groups in total. The smallest absolute Gasteiger partial charge is 0.339 e. The van der Waals surface area contributed by atoms with Crippen LogP contribution in [-0.4, -0.2) is 52.5 Å². The van der Waals surface area contributed by atoms with E-state index in [1.807, 2.05) is 53.9 Å². The number of hydrogen-bond acceptors (Lipinski definition) is 8. The Morgan fingerprint density at radius 1 is 1.08 bits per heavy atom. The van der Waals surface area contributed by atoms with Crippen molar-refractivity contribution in [1.82, 2.24) is 14.9 Å². The summed E-state index contributed by atoms with van der Waals surface area (Å²) in [5, 5.41) is 5.80. The summed E-state index contributed by atoms with van der Waals surface area (Å²) in [7, 11) is 1.61. The summed E-state index contributed by atoms with van der Waals surface area (Å²) in [6, 6.07) is 15.5. The number of amides is 1. The molecule has 0 saturated heterocycles. The van der Waals surface area contributed by atoms with Gasteiger partial charge in [-0.25, -0.2) is 9.78 Å². The minimum absolute atomic E-state index is 0.336. The number of esters is 1. The highest BCUT2D eigenvalue weighted by molar-refractivity contribution is 7.14. The van der Waals surface area contributed by atoms with Crippen LogP contribution in [0.1, 0.15) is 42.4 Å². The summed E-state index contributed by atoms with van der Waals surface area (Å²) in [5.41, 5.74) is 4.64. The number of carbonyl (C=O) groups excluding carboxylic acids is 2. The number of anilines is 1. The number of hydrogen-bond donors (Lipinski definition) is 1. The molecule has 8 nitrogen and oxygen atoms in total. The summed E-state index contributed by atoms with van der Waals surface area (Å²) in [4.78, 5) is 38.2. The number of thiazole rings is 1. The molecule has 0 aliphatic carbocycles. The maximum atomic E-state index is 13.6. The van der Waals surface area contributed by atoms with Crippen LogP contribution in [0.5, 0.6) is 5.75 Å². The molecule has 1 atom stereocenters. The Labute approximate surface area is 225 Å². The highest BCUT2D eigenvalue weighted by Crippen LogP contribution is 2.30. The predicted molar refractivity (Wildman–Crippen MR) is 149 cm³/mol. The zero-order valence-electron chi connectivity index (χ0n) is 21.9. The van der Waals surface area contributed by atoms with Gasteiger partial charge in [-0.1, -0.05) is 30.3 Å². The molecule has 196 valence electrons. The van der Waals surface area contributed by atoms with Crippen molar-refractivity contribution in [2.24, 2.45) is 0 Å². The van der Waals surface area contributed by atoms with Gasteiger partial charge in [-0.05, 0) is 39.0 Å². The molecular weight excluding hydrogens is 500 g/mol. The molecule has 0 bridgehead atoms. The van der Waals surface area contributed by atoms with Gasteiger partial charge in [-0.3, -0.25) is 20.0 Å². The standard InChI is InChI=1S/C29H30N4O4S/c1-17(2)33-13-12-24-22(15-33)26(21-10-5-6-11-23(21)30-24)28(35)37-18(3)27(34)32-29-31-25(16-38-29)19-8-7-9-20(14-19)36-4/h5-11,14,16-18H,12-13,15H2,1-4H3,(H,31,32,34). The number of aromatic nitrogens is 2. The molecule has 1 aliphatic heterocycles. The predicted octanol–water partition coefficient (Wildman–Crippen LogP) is 5.32. The molecule has 2 aromatic heterocycles. The van der Waals surface area contributed by atoms with Gasteiger partial charge in [0, 0.05) is 53.1 Å². The van der Waals surface area contributed by atoms with E-state index in [9.17, 15) is 9.59 Å². The van der Waals surface area contributed by atoms with Crippen LogP contribution in [0.4, 0.5) is 5.13 Å². The van der Waals surface area contributed by atoms with Crippen molar-refractivity contribution in [3.8, 4) is 17.0 Å². The first-order valence-electron chi connectivity index (χ1n) is 12.6. The van der Waals surface area contributed by atoms with E-state index < -0.39 is 18.0 Å². The third kappa shape index (κ3) is 5.25. The SMILES string of the molecule is COc1cccc(-c2csc(NC(=O)C(C)OC(=O)c3c4c(nc5ccccc35)CCN(C(C)C)C4)n2)c1. The molecule has 1 aliphatic rings. The Morgan fingerprint density at radius 2 is 1.89 bits per heavy atom. The van der Waals surface area contributed by atoms with Crippen molar-refractivity contribution >= 4 is 39.2 Å². The normalized spacial score (nSPS) is 14.2. The molecule has 0 radical (unpaired) electrons. The maximum Gasteiger partial charge on any atom is 0.339 e. The molecule has 5 rings (SSSR count). The van der Waals surface area contributed by atoms with Gasteiger partial charge < -0.3 is 9.47 Å². The molecule has 4 aromatic rings. The summed E-state index contributed by atoms with van der Waals surface area (Å²) in [5.74, 6) is -0.241. The Hall–Kier alpha value is -3.82. The monoisotopic (exact) mass is 530 g/mol. The molecule has 2 aromatic carbocycles. The topological polar surface area (TPSA) is 93.6 Å². The van der Waals surface area contributed by atoms with E-state index in [2.05, 4.69) is 29.0 Å². The van der Waals surface area contributed by atoms with Crippen molar-refractivity contribution in [1.29, 1.82) is 0 Å². The van der Waals surface area contributed by atoms with E-state index in [4.69, 9.17) is 14.5 Å². The van der Waals surface area contributed by atoms with Crippen molar-refractivity contribution in [3.63, 3.8) is 0 Å². The van der Waals surface area contributed by atoms with Crippen LogP contribution in [0.25, 0.3) is 22.2 Å². The number of nitrogens with zero attached hydrogens (tertiary/aromatic N) is 3. The number of rotatable bonds is 7. The lowest BCUT2D eigenvalue weighted by Gasteiger charge is -2.32. The fraction of sp³-hybridized carbons (Fsp3) is 0.310. The van der Waals surface area contributed by atoms with Gasteiger partial charge in [0.1, 0.15) is 5.75 Å². The van der Waals surface area contributed by atoms with Crippen LogP contribution in [0, 0.1) is 0 Å². The Morgan fingerprint density at radius 3 is 2.68 bits per heavy atom. The van der Waals surface area contributed by atoms with Crippen LogP contribution >= 0.6 is 11.3 Å². The Balaban J connectivity index is 1.34. The van der Waals surface area contributed by atoms with Crippen molar-refractivity contribution in [3.05, 3.63) is 70.7 Å². The van der Waals surface area contributed by atoms with Gasteiger partial charge >= 0.3 is 5.97 Å². The van der Waals surface area contributed by atoms with Crippen LogP contribution in [0.3, 0.4) is 0 Å². The first-order valence-corrected chi connectivity index (χ1v) is 13.5. The van der Waals surface area contributed by atoms with E-state index in [0.29, 0.717) is 23.3 Å². The van der Waals surface area contributed by atoms with Gasteiger partial charge in [-0.2, -0.15) is 0 Å². The summed E-state index contributed by atoms with van der Waals surface area (Å²) < 4.78 is 11.0. The molecule has 0 saturated carbocycles. The quantitative estimate of drug-likeness (QED) is 0.323. The zero-order valence-corrected chi connectivity index (χ0v) is 22.7. The first-order chi connectivity index (χ1) is 18.3. The van der Waals surface area contributed by atoms with Gasteiger partial charge in [0.2, 0.25) is 0 Å². The van der Waals surface area contributed by atoms with Crippen LogP contribution < -0.4 is 10.1 Å². The average Bonchev–Trinajstić information content (AvgIpc) is 3.39. The highest BCUT2D eigenvalue weighted by Gasteiger charge is 2.29. The molecular formula is C29H30N4O4S. The van der Waals surface area contributed by atoms with E-state index in [0.717, 1.165) is 52.1 Å². The zero-order chi connectivity index (χ0) is 26.8. The fourth-order valence-corrected chi connectivity index (χ4v) is 5.33. The van der Waals surface area contributed by atoms with Crippen molar-refractivity contribution in [2.75, 3.05) is 19.0 Å². The minimum atomic E-state index is -1.01. The molecule has 3 heterocycles. The van der Waals surface area contributed by atoms with Crippen LogP contribution in [0.2, 0.25) is 0 Å². The second kappa shape index (κ2) is 10.9. The number of pyridine rings is 1. The Kier molecular flexibility index (Phi) is 7.40. The van der Waals surface area contributed by atoms with Gasteiger partial charge in [0.05, 0.1) is 23.9 Å². The summed E-state index contributed by atoms with van der Waals surface area (Å²) >= 11 is 1.30. The molecule has 1 unspecified atom stereocenters. The number of ether oxygens (including phenoxy) is 2. The maximum absolute atomic E-state index is 13.6. The molecule has 1 amide bonds. The lowest BCUT2D eigenvalue weighted by Crippen LogP contribution is -2.37. The molecule has 9 heteroatoms. The Bertz CT molecular complexity index is 1500. The average molecular weight is 531 g/mol. The number of benzene rings is 2. The highest BCUT2D eigenvalue weighted by atomic mass is 32.1. The third-order valence-corrected chi connectivity index (χ3v) is 7.52. The minimum Gasteiger partial charge on any atom is -0.497 e. The number of methoxy groups -OCH3 is 1. The number of nitrogens with one attached hydrogen (secondary N) is 1. The molecule has 0 fully saturated rings. The van der Waals surface area contributed by atoms with Crippen LogP contribution in [0.15, 0.2) is 53.9 Å². The van der Waals surface area contributed by atoms with Gasteiger partial charge in [0.15, 0.2) is 11.2 Å². The van der Waals surface area contributed by atoms with Crippen molar-refractivity contribution in [2.45, 2.75) is 45.9 Å². The third-order valence-electron chi connectivity index (χ3n) is 6.76. The van der Waals surface area contributed by atoms with E-state index in [-0.39, 0.29) is 0 Å². The summed E-state index contributed by atoms with van der Waals surface area (Å²) in [6.45, 7) is 7.35. The van der Waals surface area contributed by atoms with Crippen molar-refractivity contribution < 1.29 is 19.1 Å².